The van der Waals surface area contributed by atoms with Crippen molar-refractivity contribution < 1.29 is 27.6 Å². The molecule has 0 atom stereocenters. The van der Waals surface area contributed by atoms with Crippen LogP contribution in [0.4, 0.5) is 18.9 Å². The van der Waals surface area contributed by atoms with Gasteiger partial charge in [0.1, 0.15) is 24.2 Å². The van der Waals surface area contributed by atoms with E-state index in [0.29, 0.717) is 49.3 Å². The van der Waals surface area contributed by atoms with Crippen molar-refractivity contribution >= 4 is 34.7 Å². The minimum atomic E-state index is -4.65. The quantitative estimate of drug-likeness (QED) is 0.549. The number of anilines is 1. The second kappa shape index (κ2) is 9.59. The lowest BCUT2D eigenvalue weighted by Gasteiger charge is -2.33. The molecule has 0 unspecified atom stereocenters. The number of hydrogen-bond donors (Lipinski definition) is 1. The molecule has 0 radical (unpaired) electrons. The average Bonchev–Trinajstić information content (AvgIpc) is 3.20. The number of piperazine rings is 1. The molecular weight excluding hydrogens is 453 g/mol. The van der Waals surface area contributed by atoms with Gasteiger partial charge in [-0.15, -0.1) is 0 Å². The third-order valence-corrected chi connectivity index (χ3v) is 5.44. The molecular formula is C22H21F3N6O3. The summed E-state index contributed by atoms with van der Waals surface area (Å²) in [5, 5.41) is 7.56. The SMILES string of the molecule is O=CCN1CCN(C(=O)Cn2cc3cc(NC(=O)c4cccc(C(F)(F)F)n4)ccc3n2)CC1. The van der Waals surface area contributed by atoms with Crippen molar-refractivity contribution in [2.24, 2.45) is 0 Å². The van der Waals surface area contributed by atoms with Crippen LogP contribution < -0.4 is 5.32 Å². The molecule has 1 fully saturated rings. The number of aldehydes is 1. The Morgan fingerprint density at radius 3 is 2.56 bits per heavy atom. The minimum absolute atomic E-state index is 0.0399. The van der Waals surface area contributed by atoms with E-state index < -0.39 is 17.8 Å². The van der Waals surface area contributed by atoms with Crippen LogP contribution in [0.3, 0.4) is 0 Å². The maximum absolute atomic E-state index is 12.8. The summed E-state index contributed by atoms with van der Waals surface area (Å²) in [7, 11) is 0. The summed E-state index contributed by atoms with van der Waals surface area (Å²) < 4.78 is 40.0. The van der Waals surface area contributed by atoms with Crippen molar-refractivity contribution in [1.29, 1.82) is 0 Å². The van der Waals surface area contributed by atoms with Crippen molar-refractivity contribution in [1.82, 2.24) is 24.6 Å². The molecule has 0 bridgehead atoms. The zero-order chi connectivity index (χ0) is 24.3. The summed E-state index contributed by atoms with van der Waals surface area (Å²) in [6.07, 6.45) is -2.14. The number of halogens is 3. The first-order chi connectivity index (χ1) is 16.2. The predicted molar refractivity (Wildman–Crippen MR) is 116 cm³/mol. The molecule has 2 amide bonds. The Morgan fingerprint density at radius 1 is 1.09 bits per heavy atom. The number of alkyl halides is 3. The molecule has 1 N–H and O–H groups in total. The number of benzene rings is 1. The normalized spacial score (nSPS) is 14.9. The zero-order valence-corrected chi connectivity index (χ0v) is 18.0. The number of nitrogens with zero attached hydrogens (tertiary/aromatic N) is 5. The molecule has 1 aromatic carbocycles. The van der Waals surface area contributed by atoms with Gasteiger partial charge in [-0.25, -0.2) is 4.98 Å². The van der Waals surface area contributed by atoms with Gasteiger partial charge in [-0.2, -0.15) is 18.3 Å². The van der Waals surface area contributed by atoms with Gasteiger partial charge >= 0.3 is 6.18 Å². The Hall–Kier alpha value is -3.80. The largest absolute Gasteiger partial charge is 0.433 e. The first-order valence-electron chi connectivity index (χ1n) is 10.5. The highest BCUT2D eigenvalue weighted by Gasteiger charge is 2.33. The van der Waals surface area contributed by atoms with E-state index in [0.717, 1.165) is 18.4 Å². The maximum Gasteiger partial charge on any atom is 0.433 e. The van der Waals surface area contributed by atoms with E-state index in [1.54, 1.807) is 29.3 Å². The van der Waals surface area contributed by atoms with Crippen LogP contribution in [0.25, 0.3) is 10.9 Å². The summed E-state index contributed by atoms with van der Waals surface area (Å²) in [5.41, 5.74) is -0.552. The van der Waals surface area contributed by atoms with Crippen LogP contribution in [-0.4, -0.2) is 75.4 Å². The molecule has 0 aliphatic carbocycles. The van der Waals surface area contributed by atoms with Gasteiger partial charge in [-0.3, -0.25) is 19.2 Å². The number of nitrogens with one attached hydrogen (secondary N) is 1. The molecule has 0 saturated carbocycles. The van der Waals surface area contributed by atoms with Crippen LogP contribution in [0.5, 0.6) is 0 Å². The van der Waals surface area contributed by atoms with Crippen molar-refractivity contribution in [2.75, 3.05) is 38.0 Å². The van der Waals surface area contributed by atoms with Crippen LogP contribution in [0.1, 0.15) is 16.2 Å². The average molecular weight is 474 g/mol. The molecule has 178 valence electrons. The smallest absolute Gasteiger partial charge is 0.339 e. The van der Waals surface area contributed by atoms with Gasteiger partial charge in [0, 0.05) is 43.4 Å². The molecule has 0 spiro atoms. The fourth-order valence-corrected chi connectivity index (χ4v) is 3.67. The van der Waals surface area contributed by atoms with E-state index >= 15 is 0 Å². The zero-order valence-electron chi connectivity index (χ0n) is 18.0. The number of hydrogen-bond acceptors (Lipinski definition) is 6. The molecule has 2 aromatic heterocycles. The summed E-state index contributed by atoms with van der Waals surface area (Å²) in [6, 6.07) is 7.95. The number of amides is 2. The highest BCUT2D eigenvalue weighted by molar-refractivity contribution is 6.03. The number of aromatic nitrogens is 3. The van der Waals surface area contributed by atoms with E-state index in [1.165, 1.54) is 10.7 Å². The molecule has 1 aliphatic rings. The lowest BCUT2D eigenvalue weighted by atomic mass is 10.2. The standard InChI is InChI=1S/C22H21F3N6O3/c23-22(24,25)19-3-1-2-18(27-19)21(34)26-16-4-5-17-15(12-16)13-31(28-17)14-20(33)30-8-6-29(7-9-30)10-11-32/h1-5,11-13H,6-10,14H2,(H,26,34). The van der Waals surface area contributed by atoms with Crippen LogP contribution in [0, 0.1) is 0 Å². The van der Waals surface area contributed by atoms with Gasteiger partial charge in [0.25, 0.3) is 5.91 Å². The van der Waals surface area contributed by atoms with Crippen molar-refractivity contribution in [3.8, 4) is 0 Å². The molecule has 9 nitrogen and oxygen atoms in total. The van der Waals surface area contributed by atoms with E-state index in [1.807, 2.05) is 4.90 Å². The Balaban J connectivity index is 1.41. The summed E-state index contributed by atoms with van der Waals surface area (Å²) in [6.45, 7) is 2.73. The van der Waals surface area contributed by atoms with Crippen molar-refractivity contribution in [3.05, 3.63) is 54.0 Å². The number of pyridine rings is 1. The van der Waals surface area contributed by atoms with Crippen LogP contribution in [0.15, 0.2) is 42.6 Å². The first kappa shape index (κ1) is 23.4. The number of rotatable bonds is 6. The van der Waals surface area contributed by atoms with Crippen LogP contribution in [-0.2, 0) is 22.3 Å². The van der Waals surface area contributed by atoms with Gasteiger partial charge in [-0.05, 0) is 30.3 Å². The topological polar surface area (TPSA) is 100 Å². The second-order valence-corrected chi connectivity index (χ2v) is 7.81. The minimum Gasteiger partial charge on any atom is -0.339 e. The molecule has 1 saturated heterocycles. The highest BCUT2D eigenvalue weighted by Crippen LogP contribution is 2.27. The van der Waals surface area contributed by atoms with Crippen molar-refractivity contribution in [2.45, 2.75) is 12.7 Å². The number of carbonyl (C=O) groups is 3. The second-order valence-electron chi connectivity index (χ2n) is 7.81. The predicted octanol–water partition coefficient (Wildman–Crippen LogP) is 2.05. The van der Waals surface area contributed by atoms with Gasteiger partial charge < -0.3 is 15.0 Å². The van der Waals surface area contributed by atoms with Crippen LogP contribution >= 0.6 is 0 Å². The third kappa shape index (κ3) is 5.39. The Morgan fingerprint density at radius 2 is 1.85 bits per heavy atom. The number of fused-ring (bicyclic) bond motifs is 1. The fraction of sp³-hybridized carbons (Fsp3) is 0.318. The summed E-state index contributed by atoms with van der Waals surface area (Å²) in [5.74, 6) is -0.871. The van der Waals surface area contributed by atoms with E-state index in [9.17, 15) is 27.6 Å². The third-order valence-electron chi connectivity index (χ3n) is 5.44. The van der Waals surface area contributed by atoms with Gasteiger partial charge in [0.15, 0.2) is 0 Å². The van der Waals surface area contributed by atoms with E-state index in [-0.39, 0.29) is 18.1 Å². The van der Waals surface area contributed by atoms with Crippen LogP contribution in [0.2, 0.25) is 0 Å². The lowest BCUT2D eigenvalue weighted by molar-refractivity contribution is -0.141. The first-order valence-corrected chi connectivity index (χ1v) is 10.5. The van der Waals surface area contributed by atoms with Gasteiger partial charge in [0.2, 0.25) is 5.91 Å². The monoisotopic (exact) mass is 474 g/mol. The van der Waals surface area contributed by atoms with E-state index in [4.69, 9.17) is 0 Å². The molecule has 1 aliphatic heterocycles. The van der Waals surface area contributed by atoms with Crippen molar-refractivity contribution in [3.63, 3.8) is 0 Å². The Kier molecular flexibility index (Phi) is 6.59. The Labute approximate surface area is 192 Å². The van der Waals surface area contributed by atoms with Gasteiger partial charge in [-0.1, -0.05) is 6.07 Å². The Bertz CT molecular complexity index is 1220. The van der Waals surface area contributed by atoms with E-state index in [2.05, 4.69) is 15.4 Å². The maximum atomic E-state index is 12.8. The van der Waals surface area contributed by atoms with Gasteiger partial charge in [0.05, 0.1) is 12.1 Å². The molecule has 34 heavy (non-hydrogen) atoms. The molecule has 12 heteroatoms. The highest BCUT2D eigenvalue weighted by atomic mass is 19.4. The fourth-order valence-electron chi connectivity index (χ4n) is 3.67. The molecule has 3 heterocycles. The number of carbonyl (C=O) groups excluding carboxylic acids is 3. The summed E-state index contributed by atoms with van der Waals surface area (Å²) >= 11 is 0. The molecule has 4 rings (SSSR count). The lowest BCUT2D eigenvalue weighted by Crippen LogP contribution is -2.49. The molecule has 3 aromatic rings. The summed E-state index contributed by atoms with van der Waals surface area (Å²) in [4.78, 5) is 42.7.